The Labute approximate surface area is 125 Å². The molecule has 1 aromatic carbocycles. The first-order chi connectivity index (χ1) is 10.2. The highest BCUT2D eigenvalue weighted by Crippen LogP contribution is 2.35. The normalized spacial score (nSPS) is 21.4. The van der Waals surface area contributed by atoms with Gasteiger partial charge in [-0.3, -0.25) is 0 Å². The predicted molar refractivity (Wildman–Crippen MR) is 80.2 cm³/mol. The minimum atomic E-state index is -0.369. The second-order valence-electron chi connectivity index (χ2n) is 5.85. The molecule has 21 heavy (non-hydrogen) atoms. The van der Waals surface area contributed by atoms with E-state index in [9.17, 15) is 4.79 Å². The van der Waals surface area contributed by atoms with E-state index in [2.05, 4.69) is 10.6 Å². The lowest BCUT2D eigenvalue weighted by Gasteiger charge is -2.35. The molecule has 0 aromatic heterocycles. The topological polar surface area (TPSA) is 59.6 Å². The summed E-state index contributed by atoms with van der Waals surface area (Å²) in [7, 11) is 0. The maximum atomic E-state index is 12.0. The van der Waals surface area contributed by atoms with Gasteiger partial charge in [-0.25, -0.2) is 4.79 Å². The molecule has 114 valence electrons. The molecule has 1 saturated carbocycles. The Morgan fingerprint density at radius 2 is 1.76 bits per heavy atom. The Hall–Kier alpha value is -1.59. The van der Waals surface area contributed by atoms with Crippen LogP contribution in [-0.2, 0) is 9.47 Å². The maximum Gasteiger partial charge on any atom is 0.319 e. The van der Waals surface area contributed by atoms with E-state index in [0.29, 0.717) is 13.2 Å². The van der Waals surface area contributed by atoms with Crippen LogP contribution in [-0.4, -0.2) is 31.1 Å². The van der Waals surface area contributed by atoms with Gasteiger partial charge in [-0.1, -0.05) is 17.7 Å². The fourth-order valence-corrected chi connectivity index (χ4v) is 2.98. The van der Waals surface area contributed by atoms with Crippen molar-refractivity contribution >= 4 is 11.7 Å². The van der Waals surface area contributed by atoms with E-state index >= 15 is 0 Å². The zero-order valence-corrected chi connectivity index (χ0v) is 12.4. The lowest BCUT2D eigenvalue weighted by molar-refractivity contribution is -0.179. The molecule has 0 bridgehead atoms. The van der Waals surface area contributed by atoms with Crippen molar-refractivity contribution in [2.75, 3.05) is 18.5 Å². The van der Waals surface area contributed by atoms with Gasteiger partial charge < -0.3 is 20.1 Å². The fraction of sp³-hybridized carbons (Fsp3) is 0.562. The molecule has 1 saturated heterocycles. The van der Waals surface area contributed by atoms with Gasteiger partial charge in [0.05, 0.1) is 13.2 Å². The summed E-state index contributed by atoms with van der Waals surface area (Å²) in [5.74, 6) is -0.369. The van der Waals surface area contributed by atoms with Crippen LogP contribution in [0.25, 0.3) is 0 Å². The summed E-state index contributed by atoms with van der Waals surface area (Å²) in [5, 5.41) is 5.89. The molecule has 0 atom stereocenters. The Kier molecular flexibility index (Phi) is 4.12. The zero-order chi connectivity index (χ0) is 14.7. The average Bonchev–Trinajstić information content (AvgIpc) is 2.93. The van der Waals surface area contributed by atoms with Crippen LogP contribution in [0.5, 0.6) is 0 Å². The number of urea groups is 1. The lowest BCUT2D eigenvalue weighted by Crippen LogP contribution is -2.45. The number of aryl methyl sites for hydroxylation is 1. The number of rotatable bonds is 2. The fourth-order valence-electron chi connectivity index (χ4n) is 2.98. The molecule has 2 aliphatic rings. The van der Waals surface area contributed by atoms with Crippen molar-refractivity contribution in [3.05, 3.63) is 29.8 Å². The summed E-state index contributed by atoms with van der Waals surface area (Å²) in [6.07, 6.45) is 3.48. The second kappa shape index (κ2) is 6.03. The third-order valence-electron chi connectivity index (χ3n) is 4.21. The molecule has 2 amide bonds. The van der Waals surface area contributed by atoms with Crippen LogP contribution in [0.4, 0.5) is 10.5 Å². The highest BCUT2D eigenvalue weighted by molar-refractivity contribution is 5.89. The van der Waals surface area contributed by atoms with Crippen LogP contribution >= 0.6 is 0 Å². The molecule has 1 aromatic rings. The van der Waals surface area contributed by atoms with E-state index in [1.165, 1.54) is 5.56 Å². The molecule has 5 nitrogen and oxygen atoms in total. The van der Waals surface area contributed by atoms with Crippen LogP contribution in [0, 0.1) is 6.92 Å². The molecule has 5 heteroatoms. The first-order valence-electron chi connectivity index (χ1n) is 7.57. The molecule has 1 aliphatic carbocycles. The smallest absolute Gasteiger partial charge is 0.319 e. The van der Waals surface area contributed by atoms with Crippen LogP contribution in [0.1, 0.15) is 31.2 Å². The summed E-state index contributed by atoms with van der Waals surface area (Å²) in [6, 6.07) is 7.82. The Bertz CT molecular complexity index is 485. The number of benzene rings is 1. The lowest BCUT2D eigenvalue weighted by atomic mass is 9.90. The van der Waals surface area contributed by atoms with E-state index in [-0.39, 0.29) is 17.9 Å². The first-order valence-corrected chi connectivity index (χ1v) is 7.57. The molecule has 0 unspecified atom stereocenters. The molecule has 1 aliphatic heterocycles. The van der Waals surface area contributed by atoms with Crippen molar-refractivity contribution in [3.8, 4) is 0 Å². The van der Waals surface area contributed by atoms with Crippen LogP contribution in [0.3, 0.4) is 0 Å². The van der Waals surface area contributed by atoms with Crippen LogP contribution in [0.15, 0.2) is 24.3 Å². The number of hydrogen-bond acceptors (Lipinski definition) is 3. The van der Waals surface area contributed by atoms with Gasteiger partial charge in [0.2, 0.25) is 0 Å². The number of nitrogens with one attached hydrogen (secondary N) is 2. The third kappa shape index (κ3) is 3.54. The van der Waals surface area contributed by atoms with Crippen molar-refractivity contribution < 1.29 is 14.3 Å². The van der Waals surface area contributed by atoms with E-state index in [1.807, 2.05) is 31.2 Å². The molecule has 2 fully saturated rings. The number of carbonyl (C=O) groups is 1. The summed E-state index contributed by atoms with van der Waals surface area (Å²) >= 11 is 0. The third-order valence-corrected chi connectivity index (χ3v) is 4.21. The van der Waals surface area contributed by atoms with Crippen molar-refractivity contribution in [2.24, 2.45) is 0 Å². The van der Waals surface area contributed by atoms with Gasteiger partial charge in [-0.15, -0.1) is 0 Å². The first kappa shape index (κ1) is 14.4. The molecular weight excluding hydrogens is 268 g/mol. The Balaban J connectivity index is 1.46. The minimum Gasteiger partial charge on any atom is -0.348 e. The summed E-state index contributed by atoms with van der Waals surface area (Å²) in [6.45, 7) is 3.40. The number of amides is 2. The quantitative estimate of drug-likeness (QED) is 0.880. The summed E-state index contributed by atoms with van der Waals surface area (Å²) < 4.78 is 11.4. The highest BCUT2D eigenvalue weighted by Gasteiger charge is 2.40. The van der Waals surface area contributed by atoms with E-state index in [4.69, 9.17) is 9.47 Å². The number of anilines is 1. The molecule has 1 spiro atoms. The van der Waals surface area contributed by atoms with Crippen LogP contribution in [0.2, 0.25) is 0 Å². The number of ether oxygens (including phenoxy) is 2. The standard InChI is InChI=1S/C16H22N2O3/c1-12-2-4-13(5-3-12)17-15(19)18-14-6-8-16(9-7-14)20-10-11-21-16/h2-5,14H,6-11H2,1H3,(H2,17,18,19). The van der Waals surface area contributed by atoms with Gasteiger partial charge in [-0.2, -0.15) is 0 Å². The van der Waals surface area contributed by atoms with E-state index < -0.39 is 0 Å². The maximum absolute atomic E-state index is 12.0. The summed E-state index contributed by atoms with van der Waals surface area (Å²) in [5.41, 5.74) is 1.99. The molecular formula is C16H22N2O3. The summed E-state index contributed by atoms with van der Waals surface area (Å²) in [4.78, 5) is 12.0. The Morgan fingerprint density at radius 3 is 2.38 bits per heavy atom. The van der Waals surface area contributed by atoms with E-state index in [0.717, 1.165) is 31.4 Å². The second-order valence-corrected chi connectivity index (χ2v) is 5.85. The van der Waals surface area contributed by atoms with Gasteiger partial charge in [0, 0.05) is 24.6 Å². The molecule has 1 heterocycles. The van der Waals surface area contributed by atoms with Gasteiger partial charge in [0.15, 0.2) is 5.79 Å². The monoisotopic (exact) mass is 290 g/mol. The average molecular weight is 290 g/mol. The largest absolute Gasteiger partial charge is 0.348 e. The predicted octanol–water partition coefficient (Wildman–Crippen LogP) is 2.80. The SMILES string of the molecule is Cc1ccc(NC(=O)NC2CCC3(CC2)OCCO3)cc1. The van der Waals surface area contributed by atoms with Crippen molar-refractivity contribution in [1.29, 1.82) is 0 Å². The molecule has 0 radical (unpaired) electrons. The van der Waals surface area contributed by atoms with Gasteiger partial charge >= 0.3 is 6.03 Å². The van der Waals surface area contributed by atoms with Gasteiger partial charge in [0.25, 0.3) is 0 Å². The van der Waals surface area contributed by atoms with Gasteiger partial charge in [0.1, 0.15) is 0 Å². The van der Waals surface area contributed by atoms with Crippen molar-refractivity contribution in [3.63, 3.8) is 0 Å². The molecule has 3 rings (SSSR count). The Morgan fingerprint density at radius 1 is 1.14 bits per heavy atom. The van der Waals surface area contributed by atoms with Crippen molar-refractivity contribution in [1.82, 2.24) is 5.32 Å². The molecule has 2 N–H and O–H groups in total. The number of hydrogen-bond donors (Lipinski definition) is 2. The minimum absolute atomic E-state index is 0.145. The van der Waals surface area contributed by atoms with Crippen molar-refractivity contribution in [2.45, 2.75) is 44.4 Å². The number of carbonyl (C=O) groups excluding carboxylic acids is 1. The zero-order valence-electron chi connectivity index (χ0n) is 12.4. The van der Waals surface area contributed by atoms with E-state index in [1.54, 1.807) is 0 Å². The highest BCUT2D eigenvalue weighted by atomic mass is 16.7. The van der Waals surface area contributed by atoms with Gasteiger partial charge in [-0.05, 0) is 31.9 Å². The van der Waals surface area contributed by atoms with Crippen LogP contribution < -0.4 is 10.6 Å².